The van der Waals surface area contributed by atoms with Crippen LogP contribution in [0.2, 0.25) is 0 Å². The van der Waals surface area contributed by atoms with Gasteiger partial charge in [0.15, 0.2) is 0 Å². The Hall–Kier alpha value is -1.70. The number of hydrogen-bond acceptors (Lipinski definition) is 1. The molecule has 0 saturated heterocycles. The van der Waals surface area contributed by atoms with E-state index in [-0.39, 0.29) is 0 Å². The van der Waals surface area contributed by atoms with Crippen molar-refractivity contribution in [1.29, 1.82) is 0 Å². The van der Waals surface area contributed by atoms with Crippen molar-refractivity contribution in [3.05, 3.63) is 35.4 Å². The SMILES string of the molecule is CC#Cc1ccccc1[C@H](O)C#CCCCC. The van der Waals surface area contributed by atoms with E-state index in [9.17, 15) is 5.11 Å². The minimum Gasteiger partial charge on any atom is -0.376 e. The minimum atomic E-state index is -0.732. The maximum Gasteiger partial charge on any atom is 0.141 e. The highest BCUT2D eigenvalue weighted by molar-refractivity contribution is 5.44. The maximum atomic E-state index is 9.99. The fraction of sp³-hybridized carbons (Fsp3) is 0.375. The summed E-state index contributed by atoms with van der Waals surface area (Å²) in [7, 11) is 0. The lowest BCUT2D eigenvalue weighted by Crippen LogP contribution is -1.97. The molecule has 0 aliphatic rings. The average molecular weight is 226 g/mol. The number of benzene rings is 1. The molecule has 1 nitrogen and oxygen atoms in total. The Balaban J connectivity index is 2.82. The van der Waals surface area contributed by atoms with Crippen molar-refractivity contribution in [3.8, 4) is 23.7 Å². The highest BCUT2D eigenvalue weighted by atomic mass is 16.3. The van der Waals surface area contributed by atoms with E-state index in [4.69, 9.17) is 0 Å². The van der Waals surface area contributed by atoms with Crippen LogP contribution >= 0.6 is 0 Å². The smallest absolute Gasteiger partial charge is 0.141 e. The van der Waals surface area contributed by atoms with E-state index in [1.807, 2.05) is 24.3 Å². The largest absolute Gasteiger partial charge is 0.376 e. The van der Waals surface area contributed by atoms with Gasteiger partial charge in [-0.2, -0.15) is 0 Å². The van der Waals surface area contributed by atoms with E-state index >= 15 is 0 Å². The van der Waals surface area contributed by atoms with Gasteiger partial charge in [-0.25, -0.2) is 0 Å². The van der Waals surface area contributed by atoms with Crippen molar-refractivity contribution in [3.63, 3.8) is 0 Å². The van der Waals surface area contributed by atoms with Crippen LogP contribution in [0.5, 0.6) is 0 Å². The first-order valence-corrected chi connectivity index (χ1v) is 5.97. The van der Waals surface area contributed by atoms with Crippen LogP contribution in [0.3, 0.4) is 0 Å². The predicted octanol–water partition coefficient (Wildman–Crippen LogP) is 3.29. The van der Waals surface area contributed by atoms with Crippen molar-refractivity contribution in [1.82, 2.24) is 0 Å². The van der Waals surface area contributed by atoms with Crippen LogP contribution in [-0.4, -0.2) is 5.11 Å². The number of hydrogen-bond donors (Lipinski definition) is 1. The molecule has 0 unspecified atom stereocenters. The molecular formula is C16H18O. The van der Waals surface area contributed by atoms with Crippen molar-refractivity contribution in [2.45, 2.75) is 39.2 Å². The van der Waals surface area contributed by atoms with Crippen molar-refractivity contribution >= 4 is 0 Å². The van der Waals surface area contributed by atoms with Gasteiger partial charge in [-0.3, -0.25) is 0 Å². The molecule has 0 spiro atoms. The Morgan fingerprint density at radius 1 is 1.29 bits per heavy atom. The third-order valence-electron chi connectivity index (χ3n) is 2.41. The topological polar surface area (TPSA) is 20.2 Å². The summed E-state index contributed by atoms with van der Waals surface area (Å²) in [5, 5.41) is 9.99. The molecule has 1 heteroatoms. The Bertz CT molecular complexity index is 466. The third-order valence-corrected chi connectivity index (χ3v) is 2.41. The fourth-order valence-corrected chi connectivity index (χ4v) is 1.50. The first kappa shape index (κ1) is 13.4. The van der Waals surface area contributed by atoms with E-state index in [1.54, 1.807) is 6.92 Å². The molecule has 0 amide bonds. The first-order valence-electron chi connectivity index (χ1n) is 5.97. The Labute approximate surface area is 104 Å². The zero-order valence-electron chi connectivity index (χ0n) is 10.5. The fourth-order valence-electron chi connectivity index (χ4n) is 1.50. The number of unbranched alkanes of at least 4 members (excludes halogenated alkanes) is 2. The summed E-state index contributed by atoms with van der Waals surface area (Å²) in [6, 6.07) is 7.59. The summed E-state index contributed by atoms with van der Waals surface area (Å²) in [5.74, 6) is 11.7. The van der Waals surface area contributed by atoms with Gasteiger partial charge in [-0.05, 0) is 19.4 Å². The Kier molecular flexibility index (Phi) is 5.94. The molecule has 0 fully saturated rings. The van der Waals surface area contributed by atoms with Gasteiger partial charge in [0.05, 0.1) is 0 Å². The summed E-state index contributed by atoms with van der Waals surface area (Å²) in [5.41, 5.74) is 1.65. The van der Waals surface area contributed by atoms with E-state index in [1.165, 1.54) is 0 Å². The summed E-state index contributed by atoms with van der Waals surface area (Å²) in [6.07, 6.45) is 2.32. The van der Waals surface area contributed by atoms with Gasteiger partial charge in [0.25, 0.3) is 0 Å². The first-order chi connectivity index (χ1) is 8.29. The highest BCUT2D eigenvalue weighted by Gasteiger charge is 2.07. The molecule has 0 heterocycles. The second-order valence-electron chi connectivity index (χ2n) is 3.79. The predicted molar refractivity (Wildman–Crippen MR) is 71.3 cm³/mol. The van der Waals surface area contributed by atoms with Crippen molar-refractivity contribution in [2.75, 3.05) is 0 Å². The second kappa shape index (κ2) is 7.55. The van der Waals surface area contributed by atoms with E-state index in [2.05, 4.69) is 30.6 Å². The normalized spacial score (nSPS) is 10.8. The molecule has 1 aromatic rings. The number of aliphatic hydroxyl groups is 1. The van der Waals surface area contributed by atoms with Gasteiger partial charge < -0.3 is 5.11 Å². The van der Waals surface area contributed by atoms with Crippen molar-refractivity contribution in [2.24, 2.45) is 0 Å². The average Bonchev–Trinajstić information content (AvgIpc) is 2.35. The number of rotatable bonds is 3. The standard InChI is InChI=1S/C16H18O/c1-3-5-6-7-13-16(17)15-12-9-8-11-14(15)10-4-2/h8-9,11-12,16-17H,3,5-6H2,1-2H3/t16-/m1/s1. The van der Waals surface area contributed by atoms with Crippen molar-refractivity contribution < 1.29 is 5.11 Å². The Morgan fingerprint density at radius 3 is 2.76 bits per heavy atom. The summed E-state index contributed by atoms with van der Waals surface area (Å²) < 4.78 is 0. The highest BCUT2D eigenvalue weighted by Crippen LogP contribution is 2.16. The lowest BCUT2D eigenvalue weighted by Gasteiger charge is -2.06. The Morgan fingerprint density at radius 2 is 2.06 bits per heavy atom. The molecule has 88 valence electrons. The molecule has 0 aromatic heterocycles. The second-order valence-corrected chi connectivity index (χ2v) is 3.79. The third kappa shape index (κ3) is 4.35. The van der Waals surface area contributed by atoms with Crippen LogP contribution in [0.15, 0.2) is 24.3 Å². The molecule has 0 aliphatic heterocycles. The molecular weight excluding hydrogens is 208 g/mol. The molecule has 1 atom stereocenters. The van der Waals surface area contributed by atoms with Crippen LogP contribution in [0, 0.1) is 23.7 Å². The van der Waals surface area contributed by atoms with Crippen LogP contribution in [0.25, 0.3) is 0 Å². The van der Waals surface area contributed by atoms with Crippen LogP contribution < -0.4 is 0 Å². The summed E-state index contributed by atoms with van der Waals surface area (Å²) in [4.78, 5) is 0. The minimum absolute atomic E-state index is 0.732. The van der Waals surface area contributed by atoms with E-state index < -0.39 is 6.10 Å². The molecule has 0 bridgehead atoms. The van der Waals surface area contributed by atoms with Gasteiger partial charge in [-0.15, -0.1) is 11.8 Å². The monoisotopic (exact) mass is 226 g/mol. The molecule has 1 aromatic carbocycles. The van der Waals surface area contributed by atoms with Gasteiger partial charge in [0, 0.05) is 17.5 Å². The molecule has 0 saturated carbocycles. The lowest BCUT2D eigenvalue weighted by atomic mass is 10.0. The van der Waals surface area contributed by atoms with Gasteiger partial charge in [-0.1, -0.05) is 43.4 Å². The zero-order chi connectivity index (χ0) is 12.5. The van der Waals surface area contributed by atoms with Crippen LogP contribution in [-0.2, 0) is 0 Å². The molecule has 17 heavy (non-hydrogen) atoms. The quantitative estimate of drug-likeness (QED) is 0.619. The molecule has 0 aliphatic carbocycles. The number of aliphatic hydroxyl groups excluding tert-OH is 1. The van der Waals surface area contributed by atoms with E-state index in [0.29, 0.717) is 0 Å². The summed E-state index contributed by atoms with van der Waals surface area (Å²) in [6.45, 7) is 3.92. The molecule has 1 rings (SSSR count). The van der Waals surface area contributed by atoms with Gasteiger partial charge in [0.1, 0.15) is 6.10 Å². The van der Waals surface area contributed by atoms with Gasteiger partial charge in [0.2, 0.25) is 0 Å². The zero-order valence-corrected chi connectivity index (χ0v) is 10.5. The van der Waals surface area contributed by atoms with Crippen LogP contribution in [0.4, 0.5) is 0 Å². The van der Waals surface area contributed by atoms with E-state index in [0.717, 1.165) is 30.4 Å². The summed E-state index contributed by atoms with van der Waals surface area (Å²) >= 11 is 0. The lowest BCUT2D eigenvalue weighted by molar-refractivity contribution is 0.238. The van der Waals surface area contributed by atoms with Crippen LogP contribution in [0.1, 0.15) is 50.3 Å². The maximum absolute atomic E-state index is 9.99. The van der Waals surface area contributed by atoms with Gasteiger partial charge >= 0.3 is 0 Å². The molecule has 0 radical (unpaired) electrons. The molecule has 1 N–H and O–H groups in total.